The summed E-state index contributed by atoms with van der Waals surface area (Å²) < 4.78 is 5.18. The molecular formula is C11H18N4O2S. The van der Waals surface area contributed by atoms with Crippen LogP contribution in [0, 0.1) is 5.92 Å². The molecule has 0 radical (unpaired) electrons. The average Bonchev–Trinajstić information content (AvgIpc) is 2.82. The maximum absolute atomic E-state index is 11.8. The van der Waals surface area contributed by atoms with E-state index in [-0.39, 0.29) is 5.91 Å². The second-order valence-electron chi connectivity index (χ2n) is 4.49. The molecule has 18 heavy (non-hydrogen) atoms. The van der Waals surface area contributed by atoms with Crippen molar-refractivity contribution < 1.29 is 9.53 Å². The van der Waals surface area contributed by atoms with Crippen LogP contribution in [-0.2, 0) is 9.53 Å². The summed E-state index contributed by atoms with van der Waals surface area (Å²) in [6, 6.07) is 0. The molecule has 100 valence electrons. The molecule has 1 atom stereocenters. The first-order valence-corrected chi connectivity index (χ1v) is 6.93. The Morgan fingerprint density at radius 3 is 3.33 bits per heavy atom. The number of nitrogens with zero attached hydrogens (tertiary/aromatic N) is 3. The maximum atomic E-state index is 11.8. The predicted molar refractivity (Wildman–Crippen MR) is 69.6 cm³/mol. The number of carbonyl (C=O) groups excluding carboxylic acids is 1. The molecule has 0 aromatic carbocycles. The molecule has 1 N–H and O–H groups in total. The summed E-state index contributed by atoms with van der Waals surface area (Å²) in [7, 11) is 1.72. The highest BCUT2D eigenvalue weighted by Crippen LogP contribution is 2.16. The Kier molecular flexibility index (Phi) is 5.03. The van der Waals surface area contributed by atoms with Crippen LogP contribution >= 0.6 is 11.3 Å². The van der Waals surface area contributed by atoms with Gasteiger partial charge in [0, 0.05) is 13.7 Å². The lowest BCUT2D eigenvalue weighted by atomic mass is 9.99. The van der Waals surface area contributed by atoms with Gasteiger partial charge in [0.05, 0.1) is 13.2 Å². The van der Waals surface area contributed by atoms with Gasteiger partial charge in [-0.25, -0.2) is 0 Å². The van der Waals surface area contributed by atoms with E-state index in [1.165, 1.54) is 17.8 Å². The fourth-order valence-corrected chi connectivity index (χ4v) is 2.72. The monoisotopic (exact) mass is 270 g/mol. The molecule has 0 bridgehead atoms. The fraction of sp³-hybridized carbons (Fsp3) is 0.727. The summed E-state index contributed by atoms with van der Waals surface area (Å²) in [6.45, 7) is 3.09. The fourth-order valence-electron chi connectivity index (χ4n) is 2.26. The molecule has 1 aliphatic rings. The van der Waals surface area contributed by atoms with E-state index in [0.29, 0.717) is 17.6 Å². The molecule has 7 heteroatoms. The summed E-state index contributed by atoms with van der Waals surface area (Å²) >= 11 is 1.33. The Balaban J connectivity index is 1.76. The molecule has 6 nitrogen and oxygen atoms in total. The molecule has 1 aliphatic heterocycles. The zero-order chi connectivity index (χ0) is 12.8. The second kappa shape index (κ2) is 6.77. The highest BCUT2D eigenvalue weighted by atomic mass is 32.1. The van der Waals surface area contributed by atoms with Crippen LogP contribution in [0.25, 0.3) is 0 Å². The Bertz CT molecular complexity index is 369. The van der Waals surface area contributed by atoms with E-state index >= 15 is 0 Å². The van der Waals surface area contributed by atoms with Gasteiger partial charge < -0.3 is 4.74 Å². The minimum Gasteiger partial charge on any atom is -0.384 e. The summed E-state index contributed by atoms with van der Waals surface area (Å²) in [5.74, 6) is 0.517. The number of rotatable bonds is 5. The molecule has 0 aliphatic carbocycles. The maximum Gasteiger partial charge on any atom is 0.240 e. The van der Waals surface area contributed by atoms with Gasteiger partial charge >= 0.3 is 0 Å². The first-order chi connectivity index (χ1) is 8.78. The normalized spacial score (nSPS) is 20.8. The molecule has 1 aromatic rings. The quantitative estimate of drug-likeness (QED) is 0.858. The number of carbonyl (C=O) groups is 1. The lowest BCUT2D eigenvalue weighted by molar-refractivity contribution is -0.117. The number of ether oxygens (including phenoxy) is 1. The van der Waals surface area contributed by atoms with Gasteiger partial charge in [-0.2, -0.15) is 0 Å². The van der Waals surface area contributed by atoms with Crippen molar-refractivity contribution in [3.8, 4) is 0 Å². The minimum absolute atomic E-state index is 0.0233. The topological polar surface area (TPSA) is 67.3 Å². The van der Waals surface area contributed by atoms with Crippen LogP contribution in [-0.4, -0.2) is 54.4 Å². The van der Waals surface area contributed by atoms with Gasteiger partial charge in [0.1, 0.15) is 5.51 Å². The van der Waals surface area contributed by atoms with Crippen molar-refractivity contribution in [3.05, 3.63) is 5.51 Å². The van der Waals surface area contributed by atoms with Gasteiger partial charge in [0.15, 0.2) is 0 Å². The zero-order valence-electron chi connectivity index (χ0n) is 10.5. The second-order valence-corrected chi connectivity index (χ2v) is 5.32. The number of likely N-dealkylation sites (tertiary alicyclic amines) is 1. The third-order valence-corrected chi connectivity index (χ3v) is 3.59. The number of piperidine rings is 1. The Morgan fingerprint density at radius 2 is 2.61 bits per heavy atom. The Labute approximate surface area is 110 Å². The summed E-state index contributed by atoms with van der Waals surface area (Å²) in [4.78, 5) is 14.0. The SMILES string of the molecule is COCC1CCCN(CC(=O)Nc2nncs2)C1. The van der Waals surface area contributed by atoms with Crippen molar-refractivity contribution in [2.45, 2.75) is 12.8 Å². The summed E-state index contributed by atoms with van der Waals surface area (Å²) in [5, 5.41) is 10.8. The molecule has 2 heterocycles. The van der Waals surface area contributed by atoms with Crippen molar-refractivity contribution in [2.75, 3.05) is 38.7 Å². The number of anilines is 1. The Hall–Kier alpha value is -1.05. The molecule has 0 saturated carbocycles. The lowest BCUT2D eigenvalue weighted by Crippen LogP contribution is -2.41. The van der Waals surface area contributed by atoms with Crippen LogP contribution < -0.4 is 5.32 Å². The molecule has 1 saturated heterocycles. The molecule has 2 rings (SSSR count). The third kappa shape index (κ3) is 4.01. The van der Waals surface area contributed by atoms with E-state index in [0.717, 1.165) is 26.1 Å². The standard InChI is InChI=1S/C11H18N4O2S/c1-17-7-9-3-2-4-15(5-9)6-10(16)13-11-14-12-8-18-11/h8-9H,2-7H2,1H3,(H,13,14,16). The molecule has 0 spiro atoms. The minimum atomic E-state index is -0.0233. The van der Waals surface area contributed by atoms with Crippen molar-refractivity contribution >= 4 is 22.4 Å². The smallest absolute Gasteiger partial charge is 0.240 e. The van der Waals surface area contributed by atoms with Crippen LogP contribution in [0.5, 0.6) is 0 Å². The highest BCUT2D eigenvalue weighted by molar-refractivity contribution is 7.13. The number of amides is 1. The average molecular weight is 270 g/mol. The van der Waals surface area contributed by atoms with Crippen LogP contribution in [0.4, 0.5) is 5.13 Å². The van der Waals surface area contributed by atoms with E-state index in [4.69, 9.17) is 4.74 Å². The van der Waals surface area contributed by atoms with E-state index in [2.05, 4.69) is 20.4 Å². The number of hydrogen-bond acceptors (Lipinski definition) is 6. The van der Waals surface area contributed by atoms with Gasteiger partial charge in [-0.3, -0.25) is 15.0 Å². The van der Waals surface area contributed by atoms with Gasteiger partial charge in [0.25, 0.3) is 0 Å². The van der Waals surface area contributed by atoms with Crippen LogP contribution in [0.1, 0.15) is 12.8 Å². The Morgan fingerprint density at radius 1 is 1.72 bits per heavy atom. The van der Waals surface area contributed by atoms with Crippen LogP contribution in [0.15, 0.2) is 5.51 Å². The van der Waals surface area contributed by atoms with E-state index in [9.17, 15) is 4.79 Å². The van der Waals surface area contributed by atoms with Gasteiger partial charge in [-0.1, -0.05) is 11.3 Å². The van der Waals surface area contributed by atoms with Crippen molar-refractivity contribution in [2.24, 2.45) is 5.92 Å². The first-order valence-electron chi connectivity index (χ1n) is 6.05. The molecular weight excluding hydrogens is 252 g/mol. The van der Waals surface area contributed by atoms with Crippen molar-refractivity contribution in [1.82, 2.24) is 15.1 Å². The summed E-state index contributed by atoms with van der Waals surface area (Å²) in [6.07, 6.45) is 2.31. The molecule has 1 fully saturated rings. The van der Waals surface area contributed by atoms with Gasteiger partial charge in [-0.15, -0.1) is 10.2 Å². The van der Waals surface area contributed by atoms with Crippen LogP contribution in [0.3, 0.4) is 0 Å². The van der Waals surface area contributed by atoms with Crippen LogP contribution in [0.2, 0.25) is 0 Å². The number of hydrogen-bond donors (Lipinski definition) is 1. The van der Waals surface area contributed by atoms with Gasteiger partial charge in [-0.05, 0) is 25.3 Å². The zero-order valence-corrected chi connectivity index (χ0v) is 11.3. The molecule has 1 aromatic heterocycles. The largest absolute Gasteiger partial charge is 0.384 e. The predicted octanol–water partition coefficient (Wildman–Crippen LogP) is 0.835. The number of methoxy groups -OCH3 is 1. The van der Waals surface area contributed by atoms with Crippen molar-refractivity contribution in [3.63, 3.8) is 0 Å². The number of aromatic nitrogens is 2. The molecule has 1 unspecified atom stereocenters. The van der Waals surface area contributed by atoms with Gasteiger partial charge in [0.2, 0.25) is 11.0 Å². The molecule has 1 amide bonds. The first kappa shape index (κ1) is 13.4. The van der Waals surface area contributed by atoms with Crippen molar-refractivity contribution in [1.29, 1.82) is 0 Å². The lowest BCUT2D eigenvalue weighted by Gasteiger charge is -2.31. The van der Waals surface area contributed by atoms with E-state index < -0.39 is 0 Å². The highest BCUT2D eigenvalue weighted by Gasteiger charge is 2.21. The third-order valence-electron chi connectivity index (χ3n) is 2.98. The van der Waals surface area contributed by atoms with E-state index in [1.807, 2.05) is 0 Å². The summed E-state index contributed by atoms with van der Waals surface area (Å²) in [5.41, 5.74) is 1.60. The number of nitrogens with one attached hydrogen (secondary N) is 1. The van der Waals surface area contributed by atoms with E-state index in [1.54, 1.807) is 12.6 Å².